The van der Waals surface area contributed by atoms with E-state index in [-0.39, 0.29) is 5.91 Å². The van der Waals surface area contributed by atoms with Crippen LogP contribution < -0.4 is 10.1 Å². The number of H-pyrrole nitrogens is 1. The van der Waals surface area contributed by atoms with Gasteiger partial charge in [0.15, 0.2) is 0 Å². The maximum Gasteiger partial charge on any atom is 0.224 e. The van der Waals surface area contributed by atoms with E-state index in [4.69, 9.17) is 4.74 Å². The number of carbonyl (C=O) groups excluding carboxylic acids is 1. The third-order valence-corrected chi connectivity index (χ3v) is 4.27. The molecule has 4 rings (SSSR count). The Morgan fingerprint density at radius 3 is 2.63 bits per heavy atom. The lowest BCUT2D eigenvalue weighted by atomic mass is 10.1. The van der Waals surface area contributed by atoms with Gasteiger partial charge in [-0.1, -0.05) is 30.3 Å². The van der Waals surface area contributed by atoms with Crippen molar-refractivity contribution in [2.75, 3.05) is 5.32 Å². The number of carbonyl (C=O) groups is 1. The van der Waals surface area contributed by atoms with Gasteiger partial charge in [0.05, 0.1) is 5.39 Å². The van der Waals surface area contributed by atoms with Crippen LogP contribution in [0.4, 0.5) is 5.69 Å². The molecule has 0 saturated carbocycles. The van der Waals surface area contributed by atoms with Gasteiger partial charge >= 0.3 is 0 Å². The number of hydrogen-bond acceptors (Lipinski definition) is 3. The van der Waals surface area contributed by atoms with E-state index in [2.05, 4.69) is 15.3 Å². The topological polar surface area (TPSA) is 67.0 Å². The van der Waals surface area contributed by atoms with Crippen LogP contribution in [-0.4, -0.2) is 15.9 Å². The number of benzene rings is 2. The van der Waals surface area contributed by atoms with Crippen LogP contribution in [0.15, 0.2) is 79.1 Å². The summed E-state index contributed by atoms with van der Waals surface area (Å²) in [5.41, 5.74) is 2.71. The Balaban J connectivity index is 1.35. The molecule has 5 heteroatoms. The Morgan fingerprint density at radius 1 is 1.00 bits per heavy atom. The van der Waals surface area contributed by atoms with Crippen molar-refractivity contribution >= 4 is 22.6 Å². The fourth-order valence-electron chi connectivity index (χ4n) is 2.88. The van der Waals surface area contributed by atoms with E-state index in [0.717, 1.165) is 33.8 Å². The van der Waals surface area contributed by atoms with Gasteiger partial charge in [-0.15, -0.1) is 0 Å². The monoisotopic (exact) mass is 357 g/mol. The van der Waals surface area contributed by atoms with Gasteiger partial charge in [0.1, 0.15) is 17.1 Å². The molecule has 134 valence electrons. The van der Waals surface area contributed by atoms with Crippen molar-refractivity contribution in [3.05, 3.63) is 84.7 Å². The van der Waals surface area contributed by atoms with Crippen LogP contribution in [0.25, 0.3) is 11.0 Å². The highest BCUT2D eigenvalue weighted by Crippen LogP contribution is 2.28. The second-order valence-electron chi connectivity index (χ2n) is 6.21. The third-order valence-electron chi connectivity index (χ3n) is 4.27. The van der Waals surface area contributed by atoms with Crippen molar-refractivity contribution in [3.63, 3.8) is 0 Å². The number of nitrogens with one attached hydrogen (secondary N) is 2. The predicted octanol–water partition coefficient (Wildman–Crippen LogP) is 4.93. The molecular formula is C22H19N3O2. The van der Waals surface area contributed by atoms with Gasteiger partial charge in [-0.3, -0.25) is 4.79 Å². The van der Waals surface area contributed by atoms with Gasteiger partial charge in [-0.2, -0.15) is 0 Å². The number of anilines is 1. The molecule has 0 atom stereocenters. The Labute approximate surface area is 157 Å². The number of nitrogens with zero attached hydrogens (tertiary/aromatic N) is 1. The van der Waals surface area contributed by atoms with Crippen molar-refractivity contribution in [2.24, 2.45) is 0 Å². The summed E-state index contributed by atoms with van der Waals surface area (Å²) in [5, 5.41) is 3.84. The lowest BCUT2D eigenvalue weighted by molar-refractivity contribution is -0.116. The minimum absolute atomic E-state index is 0.00756. The fraction of sp³-hybridized carbons (Fsp3) is 0.0909. The molecule has 27 heavy (non-hydrogen) atoms. The molecule has 0 aliphatic heterocycles. The summed E-state index contributed by atoms with van der Waals surface area (Å²) >= 11 is 0. The Bertz CT molecular complexity index is 1040. The normalized spacial score (nSPS) is 10.7. The van der Waals surface area contributed by atoms with Crippen LogP contribution in [-0.2, 0) is 11.2 Å². The number of ether oxygens (including phenoxy) is 1. The maximum absolute atomic E-state index is 12.0. The number of aromatic amines is 1. The molecule has 0 radical (unpaired) electrons. The molecule has 2 aromatic carbocycles. The molecule has 0 fully saturated rings. The highest BCUT2D eigenvalue weighted by atomic mass is 16.5. The molecule has 0 saturated heterocycles. The van der Waals surface area contributed by atoms with E-state index >= 15 is 0 Å². The second kappa shape index (κ2) is 7.74. The molecule has 0 aliphatic carbocycles. The van der Waals surface area contributed by atoms with E-state index in [1.54, 1.807) is 6.20 Å². The Kier molecular flexibility index (Phi) is 4.83. The first-order valence-corrected chi connectivity index (χ1v) is 8.82. The van der Waals surface area contributed by atoms with Crippen molar-refractivity contribution in [1.82, 2.24) is 9.97 Å². The van der Waals surface area contributed by atoms with E-state index < -0.39 is 0 Å². The molecule has 4 aromatic rings. The van der Waals surface area contributed by atoms with Crippen molar-refractivity contribution in [1.29, 1.82) is 0 Å². The summed E-state index contributed by atoms with van der Waals surface area (Å²) < 4.78 is 5.97. The van der Waals surface area contributed by atoms with Crippen LogP contribution >= 0.6 is 0 Å². The number of aromatic nitrogens is 2. The predicted molar refractivity (Wildman–Crippen MR) is 106 cm³/mol. The van der Waals surface area contributed by atoms with Gasteiger partial charge in [0.2, 0.25) is 5.91 Å². The van der Waals surface area contributed by atoms with Crippen LogP contribution in [0.2, 0.25) is 0 Å². The quantitative estimate of drug-likeness (QED) is 0.514. The van der Waals surface area contributed by atoms with E-state index in [1.807, 2.05) is 72.9 Å². The molecule has 2 heterocycles. The van der Waals surface area contributed by atoms with Crippen molar-refractivity contribution in [3.8, 4) is 11.5 Å². The van der Waals surface area contributed by atoms with E-state index in [1.165, 1.54) is 0 Å². The molecule has 5 nitrogen and oxygen atoms in total. The van der Waals surface area contributed by atoms with Gasteiger partial charge in [0, 0.05) is 24.5 Å². The first-order chi connectivity index (χ1) is 13.3. The summed E-state index contributed by atoms with van der Waals surface area (Å²) in [4.78, 5) is 19.4. The number of amides is 1. The first kappa shape index (κ1) is 16.8. The van der Waals surface area contributed by atoms with E-state index in [9.17, 15) is 4.79 Å². The van der Waals surface area contributed by atoms with Crippen LogP contribution in [0.5, 0.6) is 11.5 Å². The lowest BCUT2D eigenvalue weighted by Crippen LogP contribution is -2.12. The Morgan fingerprint density at radius 2 is 1.81 bits per heavy atom. The molecule has 0 aliphatic rings. The minimum atomic E-state index is 0.00756. The number of pyridine rings is 1. The number of aryl methyl sites for hydroxylation is 1. The summed E-state index contributed by atoms with van der Waals surface area (Å²) in [6.07, 6.45) is 4.67. The number of para-hydroxylation sites is 1. The summed E-state index contributed by atoms with van der Waals surface area (Å²) in [5.74, 6) is 1.52. The van der Waals surface area contributed by atoms with Gasteiger partial charge < -0.3 is 15.0 Å². The molecule has 0 bridgehead atoms. The number of rotatable bonds is 6. The number of fused-ring (bicyclic) bond motifs is 1. The van der Waals surface area contributed by atoms with Crippen molar-refractivity contribution in [2.45, 2.75) is 12.8 Å². The van der Waals surface area contributed by atoms with E-state index in [0.29, 0.717) is 12.8 Å². The van der Waals surface area contributed by atoms with Gasteiger partial charge in [-0.25, -0.2) is 4.98 Å². The van der Waals surface area contributed by atoms with Crippen molar-refractivity contribution < 1.29 is 9.53 Å². The minimum Gasteiger partial charge on any atom is -0.457 e. The zero-order valence-electron chi connectivity index (χ0n) is 14.7. The number of hydrogen-bond donors (Lipinski definition) is 2. The van der Waals surface area contributed by atoms with Crippen LogP contribution in [0.3, 0.4) is 0 Å². The lowest BCUT2D eigenvalue weighted by Gasteiger charge is -2.08. The molecule has 1 amide bonds. The molecule has 0 unspecified atom stereocenters. The zero-order valence-corrected chi connectivity index (χ0v) is 14.7. The molecular weight excluding hydrogens is 338 g/mol. The molecule has 2 aromatic heterocycles. The highest BCUT2D eigenvalue weighted by Gasteiger charge is 2.06. The Hall–Kier alpha value is -3.60. The SMILES string of the molecule is O=C(CCc1ccc(Oc2ccnc3[nH]ccc23)cc1)Nc1ccccc1. The van der Waals surface area contributed by atoms with Crippen LogP contribution in [0.1, 0.15) is 12.0 Å². The second-order valence-corrected chi connectivity index (χ2v) is 6.21. The zero-order chi connectivity index (χ0) is 18.5. The third kappa shape index (κ3) is 4.15. The van der Waals surface area contributed by atoms with Gasteiger partial charge in [0.25, 0.3) is 0 Å². The highest BCUT2D eigenvalue weighted by molar-refractivity contribution is 5.90. The summed E-state index contributed by atoms with van der Waals surface area (Å²) in [6, 6.07) is 21.1. The standard InChI is InChI=1S/C22H19N3O2/c26-21(25-17-4-2-1-3-5-17)11-8-16-6-9-18(10-7-16)27-20-13-15-24-22-19(20)12-14-23-22/h1-7,9-10,12-15H,8,11H2,(H,23,24)(H,25,26). The van der Waals surface area contributed by atoms with Crippen LogP contribution in [0, 0.1) is 0 Å². The molecule has 2 N–H and O–H groups in total. The summed E-state index contributed by atoms with van der Waals surface area (Å²) in [6.45, 7) is 0. The molecule has 0 spiro atoms. The first-order valence-electron chi connectivity index (χ1n) is 8.82. The average Bonchev–Trinajstić information content (AvgIpc) is 3.18. The average molecular weight is 357 g/mol. The maximum atomic E-state index is 12.0. The summed E-state index contributed by atoms with van der Waals surface area (Å²) in [7, 11) is 0. The largest absolute Gasteiger partial charge is 0.457 e. The van der Waals surface area contributed by atoms with Gasteiger partial charge in [-0.05, 0) is 48.4 Å². The fourth-order valence-corrected chi connectivity index (χ4v) is 2.88. The smallest absolute Gasteiger partial charge is 0.224 e.